The molecular formula is C19H19N5. The van der Waals surface area contributed by atoms with E-state index >= 15 is 0 Å². The lowest BCUT2D eigenvalue weighted by Gasteiger charge is -2.08. The van der Waals surface area contributed by atoms with Crippen molar-refractivity contribution in [3.8, 4) is 11.3 Å². The van der Waals surface area contributed by atoms with Gasteiger partial charge in [-0.1, -0.05) is 19.4 Å². The zero-order chi connectivity index (χ0) is 16.7. The Morgan fingerprint density at radius 3 is 2.75 bits per heavy atom. The number of nitrogens with two attached hydrogens (primary N) is 1. The van der Waals surface area contributed by atoms with E-state index in [0.29, 0.717) is 5.95 Å². The van der Waals surface area contributed by atoms with E-state index in [-0.39, 0.29) is 0 Å². The molecule has 0 aliphatic rings. The van der Waals surface area contributed by atoms with Crippen LogP contribution in [0, 0.1) is 0 Å². The van der Waals surface area contributed by atoms with Gasteiger partial charge in [0.2, 0.25) is 5.95 Å². The van der Waals surface area contributed by atoms with Crippen molar-refractivity contribution in [2.45, 2.75) is 19.8 Å². The van der Waals surface area contributed by atoms with Gasteiger partial charge >= 0.3 is 0 Å². The lowest BCUT2D eigenvalue weighted by Crippen LogP contribution is -2.02. The van der Waals surface area contributed by atoms with Gasteiger partial charge in [0.25, 0.3) is 0 Å². The van der Waals surface area contributed by atoms with Gasteiger partial charge in [-0.2, -0.15) is 0 Å². The number of fused-ring (bicyclic) bond motifs is 2. The van der Waals surface area contributed by atoms with E-state index in [1.807, 2.05) is 12.1 Å². The maximum absolute atomic E-state index is 5.82. The van der Waals surface area contributed by atoms with Gasteiger partial charge in [-0.15, -0.1) is 0 Å². The van der Waals surface area contributed by atoms with Crippen molar-refractivity contribution in [2.24, 2.45) is 7.05 Å². The fraction of sp³-hybridized carbons (Fsp3) is 0.211. The molecule has 0 aliphatic heterocycles. The number of pyridine rings is 1. The number of nitrogens with zero attached hydrogens (tertiary/aromatic N) is 4. The van der Waals surface area contributed by atoms with Crippen LogP contribution in [0.15, 0.2) is 42.6 Å². The van der Waals surface area contributed by atoms with Gasteiger partial charge in [-0.3, -0.25) is 0 Å². The second kappa shape index (κ2) is 5.60. The maximum Gasteiger partial charge on any atom is 0.220 e. The average Bonchev–Trinajstić information content (AvgIpc) is 2.95. The highest BCUT2D eigenvalue weighted by molar-refractivity contribution is 5.87. The smallest absolute Gasteiger partial charge is 0.220 e. The van der Waals surface area contributed by atoms with E-state index in [1.165, 1.54) is 10.9 Å². The number of rotatable bonds is 3. The molecule has 0 saturated heterocycles. The van der Waals surface area contributed by atoms with Crippen molar-refractivity contribution in [1.29, 1.82) is 0 Å². The molecule has 3 aromatic heterocycles. The quantitative estimate of drug-likeness (QED) is 0.625. The lowest BCUT2D eigenvalue weighted by molar-refractivity contribution is 0.885. The summed E-state index contributed by atoms with van der Waals surface area (Å²) >= 11 is 0. The molecule has 0 atom stereocenters. The minimum Gasteiger partial charge on any atom is -0.368 e. The van der Waals surface area contributed by atoms with Gasteiger partial charge < -0.3 is 10.3 Å². The van der Waals surface area contributed by atoms with E-state index < -0.39 is 0 Å². The zero-order valence-corrected chi connectivity index (χ0v) is 13.8. The largest absolute Gasteiger partial charge is 0.368 e. The molecule has 4 aromatic rings. The lowest BCUT2D eigenvalue weighted by atomic mass is 10.1. The van der Waals surface area contributed by atoms with E-state index in [2.05, 4.69) is 59.0 Å². The Balaban J connectivity index is 1.89. The van der Waals surface area contributed by atoms with Crippen molar-refractivity contribution < 1.29 is 0 Å². The summed E-state index contributed by atoms with van der Waals surface area (Å²) in [5.41, 5.74) is 11.6. The Morgan fingerprint density at radius 2 is 1.92 bits per heavy atom. The fourth-order valence-electron chi connectivity index (χ4n) is 3.11. The molecular weight excluding hydrogens is 298 g/mol. The predicted octanol–water partition coefficient (Wildman–Crippen LogP) is 3.72. The van der Waals surface area contributed by atoms with Gasteiger partial charge in [-0.25, -0.2) is 15.0 Å². The molecule has 5 nitrogen and oxygen atoms in total. The molecule has 4 rings (SSSR count). The summed E-state index contributed by atoms with van der Waals surface area (Å²) in [7, 11) is 2.05. The van der Waals surface area contributed by atoms with Crippen LogP contribution in [0.2, 0.25) is 0 Å². The van der Waals surface area contributed by atoms with Crippen LogP contribution in [0.25, 0.3) is 33.2 Å². The summed E-state index contributed by atoms with van der Waals surface area (Å²) in [5.74, 6) is 0.311. The topological polar surface area (TPSA) is 69.6 Å². The molecule has 1 aromatic carbocycles. The first-order valence-corrected chi connectivity index (χ1v) is 8.14. The molecule has 2 N–H and O–H groups in total. The second-order valence-corrected chi connectivity index (χ2v) is 6.04. The summed E-state index contributed by atoms with van der Waals surface area (Å²) in [5, 5.41) is 1.21. The maximum atomic E-state index is 5.82. The van der Waals surface area contributed by atoms with Crippen LogP contribution < -0.4 is 5.73 Å². The number of benzene rings is 1. The van der Waals surface area contributed by atoms with Crippen LogP contribution in [-0.2, 0) is 13.5 Å². The third-order valence-corrected chi connectivity index (χ3v) is 4.30. The van der Waals surface area contributed by atoms with Crippen molar-refractivity contribution >= 4 is 27.9 Å². The second-order valence-electron chi connectivity index (χ2n) is 6.04. The van der Waals surface area contributed by atoms with Crippen molar-refractivity contribution in [1.82, 2.24) is 19.5 Å². The van der Waals surface area contributed by atoms with Crippen LogP contribution in [0.5, 0.6) is 0 Å². The van der Waals surface area contributed by atoms with Gasteiger partial charge in [0.05, 0.1) is 16.9 Å². The van der Waals surface area contributed by atoms with E-state index in [0.717, 1.165) is 40.8 Å². The zero-order valence-electron chi connectivity index (χ0n) is 13.8. The molecule has 0 fully saturated rings. The normalized spacial score (nSPS) is 11.4. The van der Waals surface area contributed by atoms with Crippen LogP contribution >= 0.6 is 0 Å². The van der Waals surface area contributed by atoms with E-state index in [9.17, 15) is 0 Å². The predicted molar refractivity (Wildman–Crippen MR) is 97.7 cm³/mol. The Bertz CT molecular complexity index is 1050. The molecule has 0 aliphatic carbocycles. The third-order valence-electron chi connectivity index (χ3n) is 4.30. The number of hydrogen-bond donors (Lipinski definition) is 1. The minimum absolute atomic E-state index is 0.311. The van der Waals surface area contributed by atoms with Crippen LogP contribution in [0.3, 0.4) is 0 Å². The highest BCUT2D eigenvalue weighted by Crippen LogP contribution is 2.26. The Hall–Kier alpha value is -2.95. The number of hydrogen-bond acceptors (Lipinski definition) is 4. The van der Waals surface area contributed by atoms with Gasteiger partial charge in [-0.05, 0) is 36.8 Å². The van der Waals surface area contributed by atoms with Crippen molar-refractivity contribution in [3.63, 3.8) is 0 Å². The van der Waals surface area contributed by atoms with Gasteiger partial charge in [0, 0.05) is 29.7 Å². The minimum atomic E-state index is 0.311. The van der Waals surface area contributed by atoms with Crippen LogP contribution in [-0.4, -0.2) is 19.5 Å². The molecule has 24 heavy (non-hydrogen) atoms. The first-order chi connectivity index (χ1) is 11.7. The first kappa shape index (κ1) is 14.6. The average molecular weight is 317 g/mol. The fourth-order valence-corrected chi connectivity index (χ4v) is 3.11. The summed E-state index contributed by atoms with van der Waals surface area (Å²) < 4.78 is 2.11. The Morgan fingerprint density at radius 1 is 1.04 bits per heavy atom. The number of aromatic nitrogens is 4. The first-order valence-electron chi connectivity index (χ1n) is 8.14. The molecule has 3 heterocycles. The molecule has 0 radical (unpaired) electrons. The number of anilines is 1. The molecule has 5 heteroatoms. The molecule has 120 valence electrons. The summed E-state index contributed by atoms with van der Waals surface area (Å²) in [6, 6.07) is 12.5. The van der Waals surface area contributed by atoms with Crippen LogP contribution in [0.1, 0.15) is 19.0 Å². The standard InChI is InChI=1S/C19H19N5/c1-3-4-15-18-16(23-19(20)22-15)7-6-14(21-18)12-5-8-17-13(11-12)9-10-24(17)2/h5-11H,3-4H2,1-2H3,(H2,20,22,23). The Kier molecular flexibility index (Phi) is 3.41. The van der Waals surface area contributed by atoms with Crippen LogP contribution in [0.4, 0.5) is 5.95 Å². The summed E-state index contributed by atoms with van der Waals surface area (Å²) in [6.07, 6.45) is 3.91. The van der Waals surface area contributed by atoms with Crippen molar-refractivity contribution in [2.75, 3.05) is 5.73 Å². The van der Waals surface area contributed by atoms with Gasteiger partial charge in [0.15, 0.2) is 0 Å². The van der Waals surface area contributed by atoms with Crippen molar-refractivity contribution in [3.05, 3.63) is 48.3 Å². The number of nitrogen functional groups attached to an aromatic ring is 1. The highest BCUT2D eigenvalue weighted by Gasteiger charge is 2.10. The highest BCUT2D eigenvalue weighted by atomic mass is 15.0. The molecule has 0 bridgehead atoms. The SMILES string of the molecule is CCCc1nc(N)nc2ccc(-c3ccc4c(ccn4C)c3)nc12. The van der Waals surface area contributed by atoms with Gasteiger partial charge in [0.1, 0.15) is 5.52 Å². The molecule has 0 spiro atoms. The third kappa shape index (κ3) is 2.38. The summed E-state index contributed by atoms with van der Waals surface area (Å²) in [4.78, 5) is 13.5. The van der Waals surface area contributed by atoms with E-state index in [4.69, 9.17) is 10.7 Å². The number of aryl methyl sites for hydroxylation is 2. The molecule has 0 unspecified atom stereocenters. The molecule has 0 amide bonds. The molecule has 0 saturated carbocycles. The monoisotopic (exact) mass is 317 g/mol. The Labute approximate surface area is 140 Å². The summed E-state index contributed by atoms with van der Waals surface area (Å²) in [6.45, 7) is 2.12. The van der Waals surface area contributed by atoms with E-state index in [1.54, 1.807) is 0 Å².